The Bertz CT molecular complexity index is 411. The van der Waals surface area contributed by atoms with Crippen molar-refractivity contribution in [2.24, 2.45) is 5.92 Å². The van der Waals surface area contributed by atoms with Gasteiger partial charge in [-0.15, -0.1) is 0 Å². The van der Waals surface area contributed by atoms with E-state index in [-0.39, 0.29) is 0 Å². The van der Waals surface area contributed by atoms with Gasteiger partial charge in [0.2, 0.25) is 0 Å². The second kappa shape index (κ2) is 5.50. The van der Waals surface area contributed by atoms with Gasteiger partial charge in [0.25, 0.3) is 0 Å². The maximum Gasteiger partial charge on any atom is 0.138 e. The number of ether oxygens (including phenoxy) is 1. The number of nitrogens with one attached hydrogen (secondary N) is 1. The smallest absolute Gasteiger partial charge is 0.138 e. The number of rotatable bonds is 4. The van der Waals surface area contributed by atoms with Gasteiger partial charge in [-0.2, -0.15) is 0 Å². The van der Waals surface area contributed by atoms with E-state index in [1.54, 1.807) is 0 Å². The van der Waals surface area contributed by atoms with E-state index in [4.69, 9.17) is 16.3 Å². The van der Waals surface area contributed by atoms with Crippen molar-refractivity contribution < 1.29 is 4.74 Å². The van der Waals surface area contributed by atoms with Crippen LogP contribution in [0.25, 0.3) is 0 Å². The maximum atomic E-state index is 6.19. The molecule has 98 valence electrons. The largest absolute Gasteiger partial charge is 0.492 e. The first-order valence-electron chi connectivity index (χ1n) is 6.98. The average Bonchev–Trinajstić information content (AvgIpc) is 3.23. The molecule has 1 aliphatic carbocycles. The lowest BCUT2D eigenvalue weighted by Gasteiger charge is -2.24. The van der Waals surface area contributed by atoms with Crippen LogP contribution in [-0.4, -0.2) is 13.2 Å². The van der Waals surface area contributed by atoms with Crippen molar-refractivity contribution in [2.45, 2.75) is 38.1 Å². The molecular weight excluding hydrogens is 246 g/mol. The second-order valence-electron chi connectivity index (χ2n) is 5.45. The van der Waals surface area contributed by atoms with Gasteiger partial charge >= 0.3 is 0 Å². The third-order valence-electron chi connectivity index (χ3n) is 3.84. The third-order valence-corrected chi connectivity index (χ3v) is 4.15. The van der Waals surface area contributed by atoms with Crippen molar-refractivity contribution >= 4 is 11.6 Å². The Morgan fingerprint density at radius 2 is 2.11 bits per heavy atom. The molecule has 1 atom stereocenters. The van der Waals surface area contributed by atoms with Crippen molar-refractivity contribution in [3.05, 3.63) is 28.8 Å². The molecule has 1 aromatic carbocycles. The minimum Gasteiger partial charge on any atom is -0.492 e. The summed E-state index contributed by atoms with van der Waals surface area (Å²) < 4.78 is 5.83. The Balaban J connectivity index is 1.71. The van der Waals surface area contributed by atoms with Crippen molar-refractivity contribution in [1.29, 1.82) is 0 Å². The topological polar surface area (TPSA) is 21.3 Å². The Hall–Kier alpha value is -0.730. The first kappa shape index (κ1) is 12.3. The molecule has 18 heavy (non-hydrogen) atoms. The highest BCUT2D eigenvalue weighted by atomic mass is 35.5. The number of halogens is 1. The van der Waals surface area contributed by atoms with E-state index < -0.39 is 0 Å². The summed E-state index contributed by atoms with van der Waals surface area (Å²) in [5.74, 6) is 1.62. The summed E-state index contributed by atoms with van der Waals surface area (Å²) in [6.45, 7) is 1.94. The molecule has 0 bridgehead atoms. The lowest BCUT2D eigenvalue weighted by atomic mass is 9.97. The van der Waals surface area contributed by atoms with Crippen molar-refractivity contribution in [1.82, 2.24) is 5.32 Å². The van der Waals surface area contributed by atoms with E-state index >= 15 is 0 Å². The van der Waals surface area contributed by atoms with Crippen LogP contribution in [0.5, 0.6) is 5.75 Å². The van der Waals surface area contributed by atoms with Gasteiger partial charge in [-0.1, -0.05) is 24.1 Å². The Kier molecular flexibility index (Phi) is 3.76. The summed E-state index contributed by atoms with van der Waals surface area (Å²) in [7, 11) is 0. The molecule has 1 heterocycles. The predicted molar refractivity (Wildman–Crippen MR) is 74.3 cm³/mol. The Morgan fingerprint density at radius 1 is 1.22 bits per heavy atom. The summed E-state index contributed by atoms with van der Waals surface area (Å²) in [6, 6.07) is 6.68. The van der Waals surface area contributed by atoms with Crippen molar-refractivity contribution in [3.63, 3.8) is 0 Å². The first-order chi connectivity index (χ1) is 8.83. The predicted octanol–water partition coefficient (Wildman–Crippen LogP) is 3.94. The number of hydrogen-bond donors (Lipinski definition) is 1. The molecule has 1 aromatic rings. The van der Waals surface area contributed by atoms with E-state index in [1.165, 1.54) is 37.7 Å². The fourth-order valence-electron chi connectivity index (χ4n) is 2.48. The Labute approximate surface area is 114 Å². The van der Waals surface area contributed by atoms with Gasteiger partial charge in [0.1, 0.15) is 5.75 Å². The van der Waals surface area contributed by atoms with E-state index in [0.717, 1.165) is 29.8 Å². The van der Waals surface area contributed by atoms with Gasteiger partial charge < -0.3 is 10.1 Å². The minimum absolute atomic E-state index is 0.472. The zero-order valence-corrected chi connectivity index (χ0v) is 11.4. The molecule has 1 aliphatic heterocycles. The van der Waals surface area contributed by atoms with Gasteiger partial charge in [-0.05, 0) is 55.8 Å². The zero-order valence-electron chi connectivity index (χ0n) is 10.6. The lowest BCUT2D eigenvalue weighted by Crippen LogP contribution is -2.26. The molecule has 0 amide bonds. The average molecular weight is 266 g/mol. The number of piperidine rings is 1. The fourth-order valence-corrected chi connectivity index (χ4v) is 2.65. The van der Waals surface area contributed by atoms with Gasteiger partial charge in [-0.25, -0.2) is 0 Å². The van der Waals surface area contributed by atoms with Crippen LogP contribution in [0.1, 0.15) is 43.7 Å². The van der Waals surface area contributed by atoms with Gasteiger partial charge in [-0.3, -0.25) is 0 Å². The number of hydrogen-bond acceptors (Lipinski definition) is 2. The van der Waals surface area contributed by atoms with Crippen LogP contribution >= 0.6 is 11.6 Å². The van der Waals surface area contributed by atoms with Crippen LogP contribution in [-0.2, 0) is 0 Å². The number of benzene rings is 1. The van der Waals surface area contributed by atoms with Crippen LogP contribution in [0.3, 0.4) is 0 Å². The van der Waals surface area contributed by atoms with Crippen LogP contribution in [0, 0.1) is 5.92 Å². The minimum atomic E-state index is 0.472. The molecule has 1 unspecified atom stereocenters. The van der Waals surface area contributed by atoms with E-state index in [1.807, 2.05) is 6.07 Å². The van der Waals surface area contributed by atoms with Gasteiger partial charge in [0, 0.05) is 6.04 Å². The summed E-state index contributed by atoms with van der Waals surface area (Å²) >= 11 is 6.19. The second-order valence-corrected chi connectivity index (χ2v) is 5.85. The lowest BCUT2D eigenvalue weighted by molar-refractivity contribution is 0.299. The molecule has 0 aromatic heterocycles. The standard InChI is InChI=1S/C15H20ClNO/c16-13-7-6-12(14-3-1-2-8-17-14)9-15(13)18-10-11-4-5-11/h6-7,9,11,14,17H,1-5,8,10H2. The molecule has 0 spiro atoms. The molecule has 1 saturated heterocycles. The van der Waals surface area contributed by atoms with E-state index in [0.29, 0.717) is 6.04 Å². The highest BCUT2D eigenvalue weighted by molar-refractivity contribution is 6.32. The van der Waals surface area contributed by atoms with Crippen LogP contribution in [0.2, 0.25) is 5.02 Å². The molecule has 2 aliphatic rings. The van der Waals surface area contributed by atoms with E-state index in [2.05, 4.69) is 17.4 Å². The maximum absolute atomic E-state index is 6.19. The molecule has 3 rings (SSSR count). The summed E-state index contributed by atoms with van der Waals surface area (Å²) in [5, 5.41) is 4.29. The normalized spacial score (nSPS) is 23.9. The van der Waals surface area contributed by atoms with E-state index in [9.17, 15) is 0 Å². The molecule has 1 saturated carbocycles. The van der Waals surface area contributed by atoms with Crippen LogP contribution in [0.15, 0.2) is 18.2 Å². The quantitative estimate of drug-likeness (QED) is 0.890. The molecule has 2 fully saturated rings. The first-order valence-corrected chi connectivity index (χ1v) is 7.36. The highest BCUT2D eigenvalue weighted by Gasteiger charge is 2.23. The van der Waals surface area contributed by atoms with Gasteiger partial charge in [0.15, 0.2) is 0 Å². The van der Waals surface area contributed by atoms with Gasteiger partial charge in [0.05, 0.1) is 11.6 Å². The molecule has 2 nitrogen and oxygen atoms in total. The monoisotopic (exact) mass is 265 g/mol. The third kappa shape index (κ3) is 2.99. The molecule has 0 radical (unpaired) electrons. The van der Waals surface area contributed by atoms with Crippen LogP contribution < -0.4 is 10.1 Å². The highest BCUT2D eigenvalue weighted by Crippen LogP contribution is 2.34. The molecular formula is C15H20ClNO. The SMILES string of the molecule is Clc1ccc(C2CCCCN2)cc1OCC1CC1. The summed E-state index contributed by atoms with van der Waals surface area (Å²) in [6.07, 6.45) is 6.42. The molecule has 1 N–H and O–H groups in total. The molecule has 3 heteroatoms. The summed E-state index contributed by atoms with van der Waals surface area (Å²) in [4.78, 5) is 0. The van der Waals surface area contributed by atoms with Crippen molar-refractivity contribution in [3.8, 4) is 5.75 Å². The van der Waals surface area contributed by atoms with Crippen LogP contribution in [0.4, 0.5) is 0 Å². The fraction of sp³-hybridized carbons (Fsp3) is 0.600. The Morgan fingerprint density at radius 3 is 2.83 bits per heavy atom. The zero-order chi connectivity index (χ0) is 12.4. The van der Waals surface area contributed by atoms with Crippen molar-refractivity contribution in [2.75, 3.05) is 13.2 Å². The summed E-state index contributed by atoms with van der Waals surface area (Å²) in [5.41, 5.74) is 1.31.